The molecule has 1 aromatic heterocycles. The van der Waals surface area contributed by atoms with Crippen LogP contribution >= 0.6 is 0 Å². The molecule has 5 aliphatic rings. The zero-order valence-electron chi connectivity index (χ0n) is 37.2. The van der Waals surface area contributed by atoms with E-state index in [9.17, 15) is 0 Å². The number of nitrogens with zero attached hydrogens (tertiary/aromatic N) is 2. The van der Waals surface area contributed by atoms with Gasteiger partial charge in [-0.1, -0.05) is 239 Å². The Labute approximate surface area is 383 Å². The van der Waals surface area contributed by atoms with E-state index in [0.29, 0.717) is 11.8 Å². The molecule has 6 aromatic carbocycles. The Morgan fingerprint density at radius 2 is 1.02 bits per heavy atom. The minimum atomic E-state index is -0.312. The number of fused-ring (bicyclic) bond motifs is 9. The fourth-order valence-corrected chi connectivity index (χ4v) is 12.4. The van der Waals surface area contributed by atoms with Crippen LogP contribution in [0.1, 0.15) is 66.1 Å². The highest BCUT2D eigenvalue weighted by atomic mass is 14.9. The lowest BCUT2D eigenvalue weighted by atomic mass is 9.46. The van der Waals surface area contributed by atoms with Crippen molar-refractivity contribution in [3.8, 4) is 44.9 Å². The molecular formula is C63H52N2. The molecule has 12 rings (SSSR count). The summed E-state index contributed by atoms with van der Waals surface area (Å²) in [5.74, 6) is 2.11. The van der Waals surface area contributed by atoms with E-state index in [2.05, 4.69) is 245 Å². The predicted molar refractivity (Wildman–Crippen MR) is 269 cm³/mol. The first-order valence-electron chi connectivity index (χ1n) is 23.4. The number of aromatic nitrogens is 2. The second-order valence-corrected chi connectivity index (χ2v) is 19.3. The van der Waals surface area contributed by atoms with Crippen LogP contribution in [0.4, 0.5) is 0 Å². The summed E-state index contributed by atoms with van der Waals surface area (Å²) in [4.78, 5) is 11.1. The van der Waals surface area contributed by atoms with Gasteiger partial charge in [-0.15, -0.1) is 0 Å². The number of hydrogen-bond donors (Lipinski definition) is 0. The second kappa shape index (κ2) is 15.5. The normalized spacial score (nSPS) is 25.1. The van der Waals surface area contributed by atoms with Gasteiger partial charge in [0.25, 0.3) is 0 Å². The van der Waals surface area contributed by atoms with Crippen molar-refractivity contribution in [2.45, 2.75) is 43.4 Å². The van der Waals surface area contributed by atoms with Crippen LogP contribution in [0, 0.1) is 23.7 Å². The third kappa shape index (κ3) is 6.29. The molecular weight excluding hydrogens is 785 g/mol. The van der Waals surface area contributed by atoms with Gasteiger partial charge in [-0.3, -0.25) is 0 Å². The van der Waals surface area contributed by atoms with E-state index in [1.807, 2.05) is 0 Å². The molecule has 2 heteroatoms. The minimum Gasteiger partial charge on any atom is -0.232 e. The molecule has 0 aliphatic heterocycles. The highest BCUT2D eigenvalue weighted by Crippen LogP contribution is 2.68. The molecule has 1 heterocycles. The molecule has 1 spiro atoms. The molecule has 0 fully saturated rings. The van der Waals surface area contributed by atoms with Crippen LogP contribution < -0.4 is 0 Å². The van der Waals surface area contributed by atoms with Gasteiger partial charge >= 0.3 is 0 Å². The van der Waals surface area contributed by atoms with Crippen LogP contribution in [0.5, 0.6) is 0 Å². The Morgan fingerprint density at radius 3 is 1.71 bits per heavy atom. The molecule has 0 saturated carbocycles. The van der Waals surface area contributed by atoms with Gasteiger partial charge in [0, 0.05) is 34.3 Å². The summed E-state index contributed by atoms with van der Waals surface area (Å²) < 4.78 is 0. The lowest BCUT2D eigenvalue weighted by Crippen LogP contribution is -2.53. The smallest absolute Gasteiger partial charge is 0.160 e. The van der Waals surface area contributed by atoms with E-state index in [0.717, 1.165) is 28.3 Å². The van der Waals surface area contributed by atoms with Crippen LogP contribution in [0.25, 0.3) is 50.5 Å². The summed E-state index contributed by atoms with van der Waals surface area (Å²) in [5.41, 5.74) is 16.9. The van der Waals surface area contributed by atoms with Gasteiger partial charge in [0.1, 0.15) is 0 Å². The molecule has 7 aromatic rings. The molecule has 5 aliphatic carbocycles. The van der Waals surface area contributed by atoms with Gasteiger partial charge in [-0.25, -0.2) is 9.97 Å². The maximum Gasteiger partial charge on any atom is 0.160 e. The van der Waals surface area contributed by atoms with E-state index in [-0.39, 0.29) is 34.5 Å². The first-order chi connectivity index (χ1) is 31.9. The third-order valence-electron chi connectivity index (χ3n) is 15.6. The van der Waals surface area contributed by atoms with Crippen LogP contribution in [-0.4, -0.2) is 9.97 Å². The van der Waals surface area contributed by atoms with Gasteiger partial charge in [0.15, 0.2) is 5.82 Å². The second-order valence-electron chi connectivity index (χ2n) is 19.3. The van der Waals surface area contributed by atoms with Gasteiger partial charge in [0.05, 0.1) is 11.4 Å². The zero-order chi connectivity index (χ0) is 43.7. The molecule has 2 nitrogen and oxygen atoms in total. The molecule has 7 unspecified atom stereocenters. The van der Waals surface area contributed by atoms with Crippen LogP contribution in [0.2, 0.25) is 0 Å². The van der Waals surface area contributed by atoms with Crippen molar-refractivity contribution in [2.24, 2.45) is 23.7 Å². The standard InChI is InChI=1S/C63H52N2/c1-41-17-10-11-22-49(41)59-40-58(47-20-8-5-9-21-47)64-61(65-59)50-23-16-28-57-60(50)51-39-48(46-35-33-45(34-36-46)44-31-29-43(30-32-44)42-18-6-4-7-19-42)37-38-52(51)63(57)55-26-14-12-24-53(55)62(2,3)54-25-13-15-27-56(54)63/h4-41,49,51-53,55H,1-3H3. The molecule has 0 bridgehead atoms. The number of benzene rings is 6. The average molecular weight is 837 g/mol. The lowest BCUT2D eigenvalue weighted by Gasteiger charge is -2.56. The number of rotatable bonds is 6. The fraction of sp³-hybridized carbons (Fsp3) is 0.175. The van der Waals surface area contributed by atoms with Gasteiger partial charge < -0.3 is 0 Å². The number of hydrogen-bond acceptors (Lipinski definition) is 2. The minimum absolute atomic E-state index is 0.0483. The molecule has 0 saturated heterocycles. The monoisotopic (exact) mass is 836 g/mol. The van der Waals surface area contributed by atoms with E-state index >= 15 is 0 Å². The average Bonchev–Trinajstić information content (AvgIpc) is 3.67. The Morgan fingerprint density at radius 1 is 0.446 bits per heavy atom. The van der Waals surface area contributed by atoms with Crippen molar-refractivity contribution < 1.29 is 0 Å². The third-order valence-corrected chi connectivity index (χ3v) is 15.6. The van der Waals surface area contributed by atoms with Crippen LogP contribution in [-0.2, 0) is 10.8 Å². The highest BCUT2D eigenvalue weighted by molar-refractivity contribution is 5.82. The van der Waals surface area contributed by atoms with Crippen molar-refractivity contribution in [1.29, 1.82) is 0 Å². The van der Waals surface area contributed by atoms with Crippen LogP contribution in [0.15, 0.2) is 225 Å². The first kappa shape index (κ1) is 39.4. The summed E-state index contributed by atoms with van der Waals surface area (Å²) in [6, 6.07) is 58.0. The van der Waals surface area contributed by atoms with E-state index in [4.69, 9.17) is 9.97 Å². The Hall–Kier alpha value is -7.16. The largest absolute Gasteiger partial charge is 0.232 e. The quantitative estimate of drug-likeness (QED) is 0.167. The van der Waals surface area contributed by atoms with Crippen molar-refractivity contribution in [3.63, 3.8) is 0 Å². The predicted octanol–water partition coefficient (Wildman–Crippen LogP) is 15.3. The molecule has 7 atom stereocenters. The van der Waals surface area contributed by atoms with Crippen molar-refractivity contribution in [3.05, 3.63) is 258 Å². The Balaban J connectivity index is 1.04. The first-order valence-corrected chi connectivity index (χ1v) is 23.4. The fourth-order valence-electron chi connectivity index (χ4n) is 12.4. The molecule has 314 valence electrons. The summed E-state index contributed by atoms with van der Waals surface area (Å²) >= 11 is 0. The zero-order valence-corrected chi connectivity index (χ0v) is 37.2. The topological polar surface area (TPSA) is 25.8 Å². The van der Waals surface area contributed by atoms with E-state index < -0.39 is 0 Å². The van der Waals surface area contributed by atoms with Gasteiger partial charge in [-0.05, 0) is 84.9 Å². The summed E-state index contributed by atoms with van der Waals surface area (Å²) in [5, 5.41) is 0. The van der Waals surface area contributed by atoms with Crippen molar-refractivity contribution >= 4 is 5.57 Å². The van der Waals surface area contributed by atoms with E-state index in [1.165, 1.54) is 55.6 Å². The molecule has 0 N–H and O–H groups in total. The van der Waals surface area contributed by atoms with Crippen molar-refractivity contribution in [2.75, 3.05) is 0 Å². The Kier molecular flexibility index (Phi) is 9.42. The Bertz CT molecular complexity index is 3140. The van der Waals surface area contributed by atoms with Gasteiger partial charge in [0.2, 0.25) is 0 Å². The lowest BCUT2D eigenvalue weighted by molar-refractivity contribution is 0.163. The summed E-state index contributed by atoms with van der Waals surface area (Å²) in [7, 11) is 0. The molecule has 65 heavy (non-hydrogen) atoms. The maximum absolute atomic E-state index is 5.58. The van der Waals surface area contributed by atoms with E-state index in [1.54, 1.807) is 0 Å². The van der Waals surface area contributed by atoms with Crippen LogP contribution in [0.3, 0.4) is 0 Å². The number of allylic oxidation sites excluding steroid dienone is 12. The SMILES string of the molecule is CC1C=CC=CC1c1cc(-c2ccccc2)nc(-c2cccc3c2C2C=C(c4ccc(-c5ccc(-c6ccccc6)cc5)cc4)C=CC2C32c3ccccc3C(C)(C)C3C=CC=CC32)n1. The summed E-state index contributed by atoms with van der Waals surface area (Å²) in [6.45, 7) is 7.21. The van der Waals surface area contributed by atoms with Crippen molar-refractivity contribution in [1.82, 2.24) is 9.97 Å². The maximum atomic E-state index is 5.58. The summed E-state index contributed by atoms with van der Waals surface area (Å²) in [6.07, 6.45) is 26.1. The highest BCUT2D eigenvalue weighted by Gasteiger charge is 2.63. The molecule has 0 amide bonds. The van der Waals surface area contributed by atoms with Gasteiger partial charge in [-0.2, -0.15) is 0 Å². The molecule has 0 radical (unpaired) electrons.